The minimum Gasteiger partial charge on any atom is -0.462 e. The molecule has 0 aromatic rings. The average Bonchev–Trinajstić information content (AvgIpc) is 3.06. The Balaban J connectivity index is 1.47. The summed E-state index contributed by atoms with van der Waals surface area (Å²) in [6, 6.07) is 0. The monoisotopic (exact) mass is 282 g/mol. The van der Waals surface area contributed by atoms with Crippen molar-refractivity contribution in [3.05, 3.63) is 0 Å². The molecule has 0 N–H and O–H groups in total. The summed E-state index contributed by atoms with van der Waals surface area (Å²) in [5.41, 5.74) is -0.360. The van der Waals surface area contributed by atoms with Crippen molar-refractivity contribution in [2.24, 2.45) is 17.3 Å². The average molecular weight is 282 g/mol. The van der Waals surface area contributed by atoms with E-state index in [-0.39, 0.29) is 17.5 Å². The fraction of sp³-hybridized carbons (Fsp3) is 0.938. The molecule has 20 heavy (non-hydrogen) atoms. The lowest BCUT2D eigenvalue weighted by Gasteiger charge is -2.30. The van der Waals surface area contributed by atoms with Gasteiger partial charge in [-0.25, -0.2) is 0 Å². The Hall–Kier alpha value is -0.610. The summed E-state index contributed by atoms with van der Waals surface area (Å²) in [7, 11) is 0. The Morgan fingerprint density at radius 3 is 2.40 bits per heavy atom. The zero-order valence-electron chi connectivity index (χ0n) is 12.8. The van der Waals surface area contributed by atoms with Crippen molar-refractivity contribution >= 4 is 5.97 Å². The van der Waals surface area contributed by atoms with E-state index < -0.39 is 0 Å². The highest BCUT2D eigenvalue weighted by molar-refractivity contribution is 5.76. The van der Waals surface area contributed by atoms with Crippen molar-refractivity contribution < 1.29 is 19.0 Å². The Morgan fingerprint density at radius 1 is 1.20 bits per heavy atom. The highest BCUT2D eigenvalue weighted by Crippen LogP contribution is 2.48. The minimum atomic E-state index is -0.360. The van der Waals surface area contributed by atoms with Crippen molar-refractivity contribution in [2.75, 3.05) is 13.2 Å². The molecule has 3 aliphatic rings. The molecule has 4 heteroatoms. The molecule has 1 heterocycles. The third-order valence-electron chi connectivity index (χ3n) is 5.32. The molecule has 2 aliphatic carbocycles. The van der Waals surface area contributed by atoms with Crippen LogP contribution in [0.3, 0.4) is 0 Å². The third-order valence-corrected chi connectivity index (χ3v) is 5.32. The summed E-state index contributed by atoms with van der Waals surface area (Å²) in [6.07, 6.45) is 4.82. The van der Waals surface area contributed by atoms with E-state index >= 15 is 0 Å². The lowest BCUT2D eigenvalue weighted by atomic mass is 9.90. The van der Waals surface area contributed by atoms with Crippen LogP contribution in [0.2, 0.25) is 0 Å². The molecule has 1 aliphatic heterocycles. The summed E-state index contributed by atoms with van der Waals surface area (Å²) < 4.78 is 16.9. The summed E-state index contributed by atoms with van der Waals surface area (Å²) in [4.78, 5) is 12.2. The third kappa shape index (κ3) is 2.86. The summed E-state index contributed by atoms with van der Waals surface area (Å²) in [5.74, 6) is 1.03. The first kappa shape index (κ1) is 14.3. The fourth-order valence-corrected chi connectivity index (χ4v) is 3.36. The van der Waals surface area contributed by atoms with Crippen LogP contribution < -0.4 is 0 Å². The molecule has 2 saturated carbocycles. The van der Waals surface area contributed by atoms with Gasteiger partial charge in [0.2, 0.25) is 0 Å². The van der Waals surface area contributed by atoms with Gasteiger partial charge in [-0.1, -0.05) is 6.92 Å². The highest BCUT2D eigenvalue weighted by Gasteiger charge is 2.49. The minimum absolute atomic E-state index is 0.0404. The summed E-state index contributed by atoms with van der Waals surface area (Å²) in [5, 5.41) is 0. The molecule has 114 valence electrons. The number of hydrogen-bond donors (Lipinski definition) is 0. The van der Waals surface area contributed by atoms with Crippen LogP contribution in [-0.2, 0) is 19.0 Å². The number of carbonyl (C=O) groups excluding carboxylic acids is 1. The van der Waals surface area contributed by atoms with E-state index in [0.29, 0.717) is 24.0 Å². The lowest BCUT2D eigenvalue weighted by molar-refractivity contribution is -0.163. The fourth-order valence-electron chi connectivity index (χ4n) is 3.36. The van der Waals surface area contributed by atoms with Gasteiger partial charge >= 0.3 is 5.97 Å². The van der Waals surface area contributed by atoms with Crippen LogP contribution in [0.4, 0.5) is 0 Å². The smallest absolute Gasteiger partial charge is 0.311 e. The van der Waals surface area contributed by atoms with Gasteiger partial charge in [0.1, 0.15) is 12.2 Å². The topological polar surface area (TPSA) is 48.1 Å². The largest absolute Gasteiger partial charge is 0.462 e. The van der Waals surface area contributed by atoms with E-state index in [4.69, 9.17) is 14.2 Å². The number of rotatable bonds is 6. The first-order valence-electron chi connectivity index (χ1n) is 7.94. The van der Waals surface area contributed by atoms with E-state index in [1.54, 1.807) is 0 Å². The molecule has 0 spiro atoms. The molecule has 0 aromatic heterocycles. The Labute approximate surface area is 121 Å². The van der Waals surface area contributed by atoms with Gasteiger partial charge in [0.15, 0.2) is 0 Å². The Morgan fingerprint density at radius 2 is 1.85 bits per heavy atom. The second-order valence-electron chi connectivity index (χ2n) is 7.24. The van der Waals surface area contributed by atoms with Crippen molar-refractivity contribution in [1.29, 1.82) is 0 Å². The number of epoxide rings is 1. The van der Waals surface area contributed by atoms with Crippen molar-refractivity contribution in [2.45, 2.75) is 64.8 Å². The van der Waals surface area contributed by atoms with Crippen molar-refractivity contribution in [3.63, 3.8) is 0 Å². The predicted molar refractivity (Wildman–Crippen MR) is 74.3 cm³/mol. The predicted octanol–water partition coefficient (Wildman–Crippen LogP) is 2.55. The SMILES string of the molecule is CCC(C)(C)C(=O)OC1CC2CC1CC2OCC1CO1. The van der Waals surface area contributed by atoms with Crippen molar-refractivity contribution in [1.82, 2.24) is 0 Å². The van der Waals surface area contributed by atoms with Crippen LogP contribution in [0.25, 0.3) is 0 Å². The second-order valence-corrected chi connectivity index (χ2v) is 7.24. The van der Waals surface area contributed by atoms with Gasteiger partial charge < -0.3 is 14.2 Å². The van der Waals surface area contributed by atoms with Gasteiger partial charge in [-0.05, 0) is 51.4 Å². The van der Waals surface area contributed by atoms with E-state index in [1.807, 2.05) is 20.8 Å². The number of esters is 1. The van der Waals surface area contributed by atoms with Crippen LogP contribution in [0.5, 0.6) is 0 Å². The van der Waals surface area contributed by atoms with E-state index in [2.05, 4.69) is 0 Å². The maximum absolute atomic E-state index is 12.2. The van der Waals surface area contributed by atoms with Crippen LogP contribution in [0.15, 0.2) is 0 Å². The molecule has 5 atom stereocenters. The zero-order chi connectivity index (χ0) is 14.3. The maximum Gasteiger partial charge on any atom is 0.311 e. The van der Waals surface area contributed by atoms with Gasteiger partial charge in [0, 0.05) is 0 Å². The molecule has 3 fully saturated rings. The molecular weight excluding hydrogens is 256 g/mol. The molecule has 0 radical (unpaired) electrons. The number of carbonyl (C=O) groups is 1. The summed E-state index contributed by atoms with van der Waals surface area (Å²) >= 11 is 0. The molecule has 1 saturated heterocycles. The number of fused-ring (bicyclic) bond motifs is 2. The molecule has 2 bridgehead atoms. The molecular formula is C16H26O4. The zero-order valence-corrected chi connectivity index (χ0v) is 12.8. The van der Waals surface area contributed by atoms with Crippen LogP contribution in [0, 0.1) is 17.3 Å². The van der Waals surface area contributed by atoms with Crippen LogP contribution in [-0.4, -0.2) is 37.5 Å². The van der Waals surface area contributed by atoms with Gasteiger partial charge in [-0.2, -0.15) is 0 Å². The second kappa shape index (κ2) is 5.30. The Kier molecular flexibility index (Phi) is 3.80. The van der Waals surface area contributed by atoms with Crippen LogP contribution in [0.1, 0.15) is 46.5 Å². The molecule has 0 amide bonds. The van der Waals surface area contributed by atoms with Gasteiger partial charge in [-0.3, -0.25) is 4.79 Å². The molecule has 3 rings (SSSR count). The van der Waals surface area contributed by atoms with Gasteiger partial charge in [0.25, 0.3) is 0 Å². The molecule has 4 nitrogen and oxygen atoms in total. The first-order chi connectivity index (χ1) is 9.49. The lowest BCUT2D eigenvalue weighted by Crippen LogP contribution is -2.35. The quantitative estimate of drug-likeness (QED) is 0.555. The molecule has 0 aromatic carbocycles. The number of ether oxygens (including phenoxy) is 3. The normalized spacial score (nSPS) is 39.0. The van der Waals surface area contributed by atoms with Gasteiger partial charge in [0.05, 0.1) is 24.7 Å². The van der Waals surface area contributed by atoms with Gasteiger partial charge in [-0.15, -0.1) is 0 Å². The number of hydrogen-bond acceptors (Lipinski definition) is 4. The molecule has 5 unspecified atom stereocenters. The Bertz CT molecular complexity index is 375. The van der Waals surface area contributed by atoms with Crippen LogP contribution >= 0.6 is 0 Å². The summed E-state index contributed by atoms with van der Waals surface area (Å²) in [6.45, 7) is 7.55. The maximum atomic E-state index is 12.2. The van der Waals surface area contributed by atoms with E-state index in [9.17, 15) is 4.79 Å². The van der Waals surface area contributed by atoms with E-state index in [0.717, 1.165) is 38.9 Å². The highest BCUT2D eigenvalue weighted by atomic mass is 16.6. The van der Waals surface area contributed by atoms with E-state index in [1.165, 1.54) is 0 Å². The standard InChI is InChI=1S/C16H26O4/c1-4-16(2,3)15(17)20-14-7-10-5-11(14)6-13(10)19-9-12-8-18-12/h10-14H,4-9H2,1-3H3. The van der Waals surface area contributed by atoms with Crippen molar-refractivity contribution in [3.8, 4) is 0 Å². The first-order valence-corrected chi connectivity index (χ1v) is 7.94.